The van der Waals surface area contributed by atoms with Crippen molar-refractivity contribution in [2.45, 2.75) is 38.0 Å². The van der Waals surface area contributed by atoms with Crippen molar-refractivity contribution in [2.75, 3.05) is 17.7 Å². The van der Waals surface area contributed by atoms with Gasteiger partial charge in [0.25, 0.3) is 0 Å². The number of rotatable bonds is 10. The lowest BCUT2D eigenvalue weighted by Gasteiger charge is -2.14. The van der Waals surface area contributed by atoms with Gasteiger partial charge in [-0.2, -0.15) is 4.98 Å². The van der Waals surface area contributed by atoms with Gasteiger partial charge in [0.1, 0.15) is 5.82 Å². The van der Waals surface area contributed by atoms with Crippen LogP contribution in [0.25, 0.3) is 0 Å². The molecule has 0 amide bonds. The summed E-state index contributed by atoms with van der Waals surface area (Å²) in [4.78, 5) is 9.00. The van der Waals surface area contributed by atoms with Crippen molar-refractivity contribution in [3.05, 3.63) is 63.8 Å². The average molecular weight is 522 g/mol. The molecular weight excluding hydrogens is 497 g/mol. The maximum absolute atomic E-state index is 12.0. The fourth-order valence-electron chi connectivity index (χ4n) is 3.31. The van der Waals surface area contributed by atoms with Gasteiger partial charge >= 0.3 is 0 Å². The van der Waals surface area contributed by atoms with Crippen LogP contribution >= 0.6 is 23.2 Å². The summed E-state index contributed by atoms with van der Waals surface area (Å²) in [5, 5.41) is 6.95. The highest BCUT2D eigenvalue weighted by atomic mass is 35.5. The van der Waals surface area contributed by atoms with Gasteiger partial charge in [0, 0.05) is 29.7 Å². The molecule has 1 aliphatic carbocycles. The molecule has 1 heterocycles. The van der Waals surface area contributed by atoms with Crippen molar-refractivity contribution in [1.82, 2.24) is 14.7 Å². The third kappa shape index (κ3) is 5.90. The lowest BCUT2D eigenvalue weighted by atomic mass is 10.2. The van der Waals surface area contributed by atoms with E-state index in [1.54, 1.807) is 18.3 Å². The van der Waals surface area contributed by atoms with E-state index in [0.29, 0.717) is 33.2 Å². The van der Waals surface area contributed by atoms with Gasteiger partial charge in [-0.3, -0.25) is 0 Å². The Balaban J connectivity index is 1.47. The molecule has 8 nitrogen and oxygen atoms in total. The largest absolute Gasteiger partial charge is 0.494 e. The van der Waals surface area contributed by atoms with E-state index in [2.05, 4.69) is 25.3 Å². The van der Waals surface area contributed by atoms with E-state index in [1.165, 1.54) is 7.11 Å². The number of hydrogen-bond acceptors (Lipinski definition) is 7. The van der Waals surface area contributed by atoms with Crippen LogP contribution in [0.15, 0.2) is 42.6 Å². The first-order chi connectivity index (χ1) is 16.3. The second-order valence-electron chi connectivity index (χ2n) is 7.91. The van der Waals surface area contributed by atoms with Crippen LogP contribution in [0.5, 0.6) is 5.75 Å². The standard InChI is InChI=1S/C23H25Cl2N5O3S/c1-3-15-13-26-23(29-17-10-19(24)21(33-2)20(25)11-17)30-22(15)28-16-6-4-14(5-7-16)12-27-34(31,32)18-8-9-18/h4-7,10-11,13,18,27H,3,8-9,12H2,1-2H3,(H2,26,28,29,30). The lowest BCUT2D eigenvalue weighted by molar-refractivity contribution is 0.415. The molecule has 0 unspecified atom stereocenters. The smallest absolute Gasteiger partial charge is 0.229 e. The molecule has 1 aromatic heterocycles. The number of benzene rings is 2. The van der Waals surface area contributed by atoms with Crippen LogP contribution in [0.3, 0.4) is 0 Å². The van der Waals surface area contributed by atoms with Gasteiger partial charge in [0.05, 0.1) is 22.4 Å². The van der Waals surface area contributed by atoms with E-state index in [0.717, 1.165) is 36.1 Å². The molecule has 34 heavy (non-hydrogen) atoms. The number of hydrogen-bond donors (Lipinski definition) is 3. The maximum Gasteiger partial charge on any atom is 0.229 e. The second kappa shape index (κ2) is 10.4. The summed E-state index contributed by atoms with van der Waals surface area (Å²) >= 11 is 12.5. The van der Waals surface area contributed by atoms with E-state index in [4.69, 9.17) is 27.9 Å². The number of sulfonamides is 1. The van der Waals surface area contributed by atoms with Crippen LogP contribution in [0.1, 0.15) is 30.9 Å². The number of nitrogens with one attached hydrogen (secondary N) is 3. The first-order valence-electron chi connectivity index (χ1n) is 10.8. The summed E-state index contributed by atoms with van der Waals surface area (Å²) in [6.45, 7) is 2.29. The number of aryl methyl sites for hydroxylation is 1. The number of methoxy groups -OCH3 is 1. The first kappa shape index (κ1) is 24.5. The van der Waals surface area contributed by atoms with Crippen LogP contribution in [-0.4, -0.2) is 30.7 Å². The van der Waals surface area contributed by atoms with Crippen LogP contribution in [0.4, 0.5) is 23.1 Å². The lowest BCUT2D eigenvalue weighted by Crippen LogP contribution is -2.26. The molecule has 0 bridgehead atoms. The summed E-state index contributed by atoms with van der Waals surface area (Å²) in [6, 6.07) is 10.9. The molecule has 11 heteroatoms. The number of aromatic nitrogens is 2. The van der Waals surface area contributed by atoms with Crippen molar-refractivity contribution in [1.29, 1.82) is 0 Å². The monoisotopic (exact) mass is 521 g/mol. The molecule has 0 spiro atoms. The molecule has 2 aromatic carbocycles. The van der Waals surface area contributed by atoms with Crippen LogP contribution in [-0.2, 0) is 23.0 Å². The minimum Gasteiger partial charge on any atom is -0.494 e. The summed E-state index contributed by atoms with van der Waals surface area (Å²) in [6.07, 6.45) is 3.98. The minimum absolute atomic E-state index is 0.230. The molecule has 0 atom stereocenters. The molecular formula is C23H25Cl2N5O3S. The van der Waals surface area contributed by atoms with Crippen molar-refractivity contribution in [3.63, 3.8) is 0 Å². The van der Waals surface area contributed by atoms with Gasteiger partial charge in [0.15, 0.2) is 5.75 Å². The number of anilines is 4. The predicted octanol–water partition coefficient (Wildman–Crippen LogP) is 5.42. The number of halogens is 2. The topological polar surface area (TPSA) is 105 Å². The summed E-state index contributed by atoms with van der Waals surface area (Å²) < 4.78 is 31.9. The molecule has 180 valence electrons. The van der Waals surface area contributed by atoms with Gasteiger partial charge in [0.2, 0.25) is 16.0 Å². The fourth-order valence-corrected chi connectivity index (χ4v) is 5.31. The zero-order valence-corrected chi connectivity index (χ0v) is 21.1. The first-order valence-corrected chi connectivity index (χ1v) is 13.1. The molecule has 1 aliphatic rings. The highest BCUT2D eigenvalue weighted by Gasteiger charge is 2.35. The quantitative estimate of drug-likeness (QED) is 0.326. The van der Waals surface area contributed by atoms with Crippen molar-refractivity contribution in [2.24, 2.45) is 0 Å². The Kier molecular flexibility index (Phi) is 7.47. The highest BCUT2D eigenvalue weighted by Crippen LogP contribution is 2.36. The van der Waals surface area contributed by atoms with Crippen molar-refractivity contribution >= 4 is 56.4 Å². The zero-order valence-electron chi connectivity index (χ0n) is 18.7. The SMILES string of the molecule is CCc1cnc(Nc2cc(Cl)c(OC)c(Cl)c2)nc1Nc1ccc(CNS(=O)(=O)C2CC2)cc1. The molecule has 0 aliphatic heterocycles. The Morgan fingerprint density at radius 1 is 1.06 bits per heavy atom. The third-order valence-electron chi connectivity index (χ3n) is 5.36. The molecule has 3 aromatic rings. The van der Waals surface area contributed by atoms with E-state index in [1.807, 2.05) is 31.2 Å². The highest BCUT2D eigenvalue weighted by molar-refractivity contribution is 7.90. The molecule has 0 saturated heterocycles. The Morgan fingerprint density at radius 3 is 2.32 bits per heavy atom. The third-order valence-corrected chi connectivity index (χ3v) is 7.82. The fraction of sp³-hybridized carbons (Fsp3) is 0.304. The summed E-state index contributed by atoms with van der Waals surface area (Å²) in [7, 11) is -1.70. The van der Waals surface area contributed by atoms with Gasteiger partial charge < -0.3 is 15.4 Å². The minimum atomic E-state index is -3.21. The van der Waals surface area contributed by atoms with Crippen molar-refractivity contribution in [3.8, 4) is 5.75 Å². The van der Waals surface area contributed by atoms with Crippen LogP contribution in [0, 0.1) is 0 Å². The molecule has 0 radical (unpaired) electrons. The van der Waals surface area contributed by atoms with E-state index < -0.39 is 10.0 Å². The molecule has 1 fully saturated rings. The number of nitrogens with zero attached hydrogens (tertiary/aromatic N) is 2. The van der Waals surface area contributed by atoms with Gasteiger partial charge in [-0.05, 0) is 49.1 Å². The Morgan fingerprint density at radius 2 is 1.74 bits per heavy atom. The predicted molar refractivity (Wildman–Crippen MR) is 136 cm³/mol. The van der Waals surface area contributed by atoms with Gasteiger partial charge in [-0.25, -0.2) is 18.1 Å². The Labute approximate surface area is 209 Å². The van der Waals surface area contributed by atoms with E-state index in [-0.39, 0.29) is 11.8 Å². The van der Waals surface area contributed by atoms with Crippen molar-refractivity contribution < 1.29 is 13.2 Å². The molecule has 3 N–H and O–H groups in total. The summed E-state index contributed by atoms with van der Waals surface area (Å²) in [5.74, 6) is 1.44. The van der Waals surface area contributed by atoms with E-state index in [9.17, 15) is 8.42 Å². The molecule has 1 saturated carbocycles. The normalized spacial score (nSPS) is 13.5. The maximum atomic E-state index is 12.0. The number of ether oxygens (including phenoxy) is 1. The van der Waals surface area contributed by atoms with Gasteiger partial charge in [-0.15, -0.1) is 0 Å². The molecule has 4 rings (SSSR count). The zero-order chi connectivity index (χ0) is 24.3. The van der Waals surface area contributed by atoms with Crippen LogP contribution in [0.2, 0.25) is 10.0 Å². The average Bonchev–Trinajstić information content (AvgIpc) is 3.65. The second-order valence-corrected chi connectivity index (χ2v) is 10.8. The van der Waals surface area contributed by atoms with E-state index >= 15 is 0 Å². The van der Waals surface area contributed by atoms with Crippen LogP contribution < -0.4 is 20.1 Å². The summed E-state index contributed by atoms with van der Waals surface area (Å²) in [5.41, 5.74) is 3.27. The Bertz CT molecular complexity index is 1260. The Hall–Kier alpha value is -2.59. The van der Waals surface area contributed by atoms with Gasteiger partial charge in [-0.1, -0.05) is 42.3 Å².